The van der Waals surface area contributed by atoms with Crippen molar-refractivity contribution in [3.63, 3.8) is 0 Å². The summed E-state index contributed by atoms with van der Waals surface area (Å²) in [6.07, 6.45) is 3.27. The van der Waals surface area contributed by atoms with E-state index in [1.165, 1.54) is 11.1 Å². The quantitative estimate of drug-likeness (QED) is 0.845. The van der Waals surface area contributed by atoms with Gasteiger partial charge >= 0.3 is 0 Å². The van der Waals surface area contributed by atoms with E-state index >= 15 is 0 Å². The number of rotatable bonds is 2. The van der Waals surface area contributed by atoms with Crippen LogP contribution in [0.5, 0.6) is 0 Å². The second kappa shape index (κ2) is 5.50. The third-order valence-corrected chi connectivity index (χ3v) is 6.98. The van der Waals surface area contributed by atoms with Crippen LogP contribution in [0.2, 0.25) is 0 Å². The topological polar surface area (TPSA) is 76.3 Å². The van der Waals surface area contributed by atoms with Gasteiger partial charge in [0.15, 0.2) is 5.69 Å². The second-order valence-corrected chi connectivity index (χ2v) is 8.32. The van der Waals surface area contributed by atoms with Crippen LogP contribution in [0.1, 0.15) is 50.5 Å². The number of aryl methyl sites for hydroxylation is 1. The number of carbonyl (C=O) groups excluding carboxylic acids is 1. The van der Waals surface area contributed by atoms with E-state index in [-0.39, 0.29) is 28.0 Å². The minimum Gasteiger partial charge on any atom is -0.267 e. The Morgan fingerprint density at radius 2 is 1.96 bits per heavy atom. The molecule has 2 aromatic rings. The Bertz CT molecular complexity index is 1000. The highest BCUT2D eigenvalue weighted by Crippen LogP contribution is 2.63. The summed E-state index contributed by atoms with van der Waals surface area (Å²) in [5.41, 5.74) is 4.01. The van der Waals surface area contributed by atoms with Crippen LogP contribution in [-0.4, -0.2) is 21.4 Å². The van der Waals surface area contributed by atoms with Gasteiger partial charge in [0.05, 0.1) is 5.39 Å². The molecule has 2 aliphatic rings. The summed E-state index contributed by atoms with van der Waals surface area (Å²) in [7, 11) is 1.55. The van der Waals surface area contributed by atoms with Gasteiger partial charge in [0, 0.05) is 23.6 Å². The Balaban J connectivity index is 1.68. The lowest BCUT2D eigenvalue weighted by molar-refractivity contribution is 0.0948. The molecule has 1 N–H and O–H groups in total. The van der Waals surface area contributed by atoms with Crippen molar-refractivity contribution in [2.45, 2.75) is 40.0 Å². The lowest BCUT2D eigenvalue weighted by atomic mass is 9.70. The number of benzene rings is 1. The SMILES string of the molecule is Cn1nc(C(=O)N/N=C2/C[C@H]3CC[C@]2(C)C3(C)C)c2ccccc2c1=O. The summed E-state index contributed by atoms with van der Waals surface area (Å²) in [5, 5.41) is 9.69. The number of amides is 1. The van der Waals surface area contributed by atoms with Crippen molar-refractivity contribution >= 4 is 22.4 Å². The number of fused-ring (bicyclic) bond motifs is 3. The first-order chi connectivity index (χ1) is 12.3. The number of hydrogen-bond acceptors (Lipinski definition) is 4. The van der Waals surface area contributed by atoms with Crippen LogP contribution in [0.4, 0.5) is 0 Å². The standard InChI is InChI=1S/C20H24N4O2/c1-19(2)12-9-10-20(19,3)15(11-12)21-22-17(25)16-13-7-5-6-8-14(13)18(26)24(4)23-16/h5-8,12H,9-11H2,1-4H3,(H,22,25)/b21-15-/t12-,20+/m1/s1. The molecule has 1 heterocycles. The molecular weight excluding hydrogens is 328 g/mol. The van der Waals surface area contributed by atoms with E-state index < -0.39 is 0 Å². The maximum Gasteiger partial charge on any atom is 0.292 e. The summed E-state index contributed by atoms with van der Waals surface area (Å²) >= 11 is 0. The highest BCUT2D eigenvalue weighted by atomic mass is 16.2. The molecule has 1 aromatic heterocycles. The first kappa shape index (κ1) is 16.9. The van der Waals surface area contributed by atoms with Crippen molar-refractivity contribution < 1.29 is 4.79 Å². The molecule has 4 rings (SSSR count). The number of nitrogens with one attached hydrogen (secondary N) is 1. The summed E-state index contributed by atoms with van der Waals surface area (Å²) in [5.74, 6) is 0.244. The molecule has 1 amide bonds. The van der Waals surface area contributed by atoms with E-state index in [1.54, 1.807) is 31.3 Å². The molecule has 0 saturated heterocycles. The third kappa shape index (κ3) is 2.17. The molecule has 0 aliphatic heterocycles. The molecule has 2 bridgehead atoms. The molecule has 1 aromatic carbocycles. The van der Waals surface area contributed by atoms with Crippen LogP contribution in [0.3, 0.4) is 0 Å². The number of hydrazone groups is 1. The lowest BCUT2D eigenvalue weighted by Gasteiger charge is -2.34. The maximum absolute atomic E-state index is 12.8. The van der Waals surface area contributed by atoms with Crippen molar-refractivity contribution in [2.24, 2.45) is 28.9 Å². The normalized spacial score (nSPS) is 28.0. The van der Waals surface area contributed by atoms with Gasteiger partial charge in [-0.3, -0.25) is 9.59 Å². The van der Waals surface area contributed by atoms with E-state index in [4.69, 9.17) is 0 Å². The van der Waals surface area contributed by atoms with E-state index in [0.717, 1.165) is 18.6 Å². The molecule has 0 radical (unpaired) electrons. The van der Waals surface area contributed by atoms with Gasteiger partial charge in [0.25, 0.3) is 11.5 Å². The molecule has 136 valence electrons. The minimum absolute atomic E-state index is 0.0317. The summed E-state index contributed by atoms with van der Waals surface area (Å²) in [4.78, 5) is 25.0. The van der Waals surface area contributed by atoms with Gasteiger partial charge in [-0.15, -0.1) is 0 Å². The Morgan fingerprint density at radius 3 is 2.58 bits per heavy atom. The highest BCUT2D eigenvalue weighted by Gasteiger charge is 2.60. The molecule has 0 unspecified atom stereocenters. The van der Waals surface area contributed by atoms with Crippen LogP contribution >= 0.6 is 0 Å². The fourth-order valence-corrected chi connectivity index (χ4v) is 4.74. The van der Waals surface area contributed by atoms with E-state index in [9.17, 15) is 9.59 Å². The van der Waals surface area contributed by atoms with Gasteiger partial charge < -0.3 is 0 Å². The van der Waals surface area contributed by atoms with E-state index in [0.29, 0.717) is 16.7 Å². The predicted molar refractivity (Wildman–Crippen MR) is 101 cm³/mol. The van der Waals surface area contributed by atoms with Crippen molar-refractivity contribution in [1.29, 1.82) is 0 Å². The Kier molecular flexibility index (Phi) is 3.58. The molecule has 2 fully saturated rings. The number of carbonyl (C=O) groups is 1. The highest BCUT2D eigenvalue weighted by molar-refractivity contribution is 6.05. The number of nitrogens with zero attached hydrogens (tertiary/aromatic N) is 3. The molecule has 0 spiro atoms. The lowest BCUT2D eigenvalue weighted by Crippen LogP contribution is -2.34. The van der Waals surface area contributed by atoms with Gasteiger partial charge in [-0.1, -0.05) is 39.0 Å². The Labute approximate surface area is 152 Å². The fourth-order valence-electron chi connectivity index (χ4n) is 4.74. The first-order valence-electron chi connectivity index (χ1n) is 9.09. The average molecular weight is 352 g/mol. The van der Waals surface area contributed by atoms with Gasteiger partial charge in [-0.25, -0.2) is 10.1 Å². The Morgan fingerprint density at radius 1 is 1.27 bits per heavy atom. The van der Waals surface area contributed by atoms with E-state index in [2.05, 4.69) is 36.4 Å². The first-order valence-corrected chi connectivity index (χ1v) is 9.09. The number of aromatic nitrogens is 2. The molecule has 6 heteroatoms. The van der Waals surface area contributed by atoms with Gasteiger partial charge in [-0.05, 0) is 36.7 Å². The van der Waals surface area contributed by atoms with Crippen molar-refractivity contribution in [3.05, 3.63) is 40.3 Å². The molecule has 2 aliphatic carbocycles. The van der Waals surface area contributed by atoms with Gasteiger partial charge in [0.1, 0.15) is 0 Å². The summed E-state index contributed by atoms with van der Waals surface area (Å²) < 4.78 is 1.20. The molecule has 6 nitrogen and oxygen atoms in total. The molecule has 2 atom stereocenters. The summed E-state index contributed by atoms with van der Waals surface area (Å²) in [6.45, 7) is 6.86. The van der Waals surface area contributed by atoms with Crippen LogP contribution < -0.4 is 11.0 Å². The number of hydrogen-bond donors (Lipinski definition) is 1. The second-order valence-electron chi connectivity index (χ2n) is 8.32. The Hall–Kier alpha value is -2.50. The molecule has 2 saturated carbocycles. The smallest absolute Gasteiger partial charge is 0.267 e. The largest absolute Gasteiger partial charge is 0.292 e. The zero-order valence-electron chi connectivity index (χ0n) is 15.7. The average Bonchev–Trinajstić information content (AvgIpc) is 2.96. The molecular formula is C20H24N4O2. The minimum atomic E-state index is -0.381. The maximum atomic E-state index is 12.8. The van der Waals surface area contributed by atoms with Crippen LogP contribution in [0.15, 0.2) is 34.2 Å². The third-order valence-electron chi connectivity index (χ3n) is 6.98. The molecule has 26 heavy (non-hydrogen) atoms. The van der Waals surface area contributed by atoms with Gasteiger partial charge in [-0.2, -0.15) is 10.2 Å². The van der Waals surface area contributed by atoms with E-state index in [1.807, 2.05) is 0 Å². The van der Waals surface area contributed by atoms with Crippen LogP contribution in [-0.2, 0) is 7.05 Å². The zero-order valence-corrected chi connectivity index (χ0v) is 15.7. The van der Waals surface area contributed by atoms with Crippen LogP contribution in [0, 0.1) is 16.7 Å². The fraction of sp³-hybridized carbons (Fsp3) is 0.500. The monoisotopic (exact) mass is 352 g/mol. The predicted octanol–water partition coefficient (Wildman–Crippen LogP) is 2.87. The summed E-state index contributed by atoms with van der Waals surface area (Å²) in [6, 6.07) is 7.03. The van der Waals surface area contributed by atoms with Crippen LogP contribution in [0.25, 0.3) is 10.8 Å². The van der Waals surface area contributed by atoms with Crippen molar-refractivity contribution in [1.82, 2.24) is 15.2 Å². The zero-order chi connectivity index (χ0) is 18.7. The van der Waals surface area contributed by atoms with Crippen molar-refractivity contribution in [2.75, 3.05) is 0 Å². The van der Waals surface area contributed by atoms with Crippen molar-refractivity contribution in [3.8, 4) is 0 Å². The van der Waals surface area contributed by atoms with Gasteiger partial charge in [0.2, 0.25) is 0 Å².